The third kappa shape index (κ3) is 4.58. The molecule has 0 bridgehead atoms. The molecule has 1 heterocycles. The summed E-state index contributed by atoms with van der Waals surface area (Å²) in [5.41, 5.74) is 0. The van der Waals surface area contributed by atoms with E-state index in [4.69, 9.17) is 4.74 Å². The number of hydrogen-bond donors (Lipinski definition) is 1. The number of carbonyl (C=O) groups is 1. The van der Waals surface area contributed by atoms with Gasteiger partial charge < -0.3 is 15.0 Å². The van der Waals surface area contributed by atoms with E-state index in [0.29, 0.717) is 5.75 Å². The van der Waals surface area contributed by atoms with Gasteiger partial charge in [0.25, 0.3) is 0 Å². The summed E-state index contributed by atoms with van der Waals surface area (Å²) >= 11 is 1.56. The molecule has 1 saturated heterocycles. The highest BCUT2D eigenvalue weighted by Crippen LogP contribution is 2.23. The maximum atomic E-state index is 12.2. The maximum Gasteiger partial charge on any atom is 0.233 e. The van der Waals surface area contributed by atoms with Gasteiger partial charge in [0.05, 0.1) is 12.9 Å². The van der Waals surface area contributed by atoms with Gasteiger partial charge in [-0.3, -0.25) is 4.79 Å². The van der Waals surface area contributed by atoms with Crippen molar-refractivity contribution in [2.75, 3.05) is 32.5 Å². The molecule has 0 aromatic heterocycles. The molecule has 1 aliphatic heterocycles. The Morgan fingerprint density at radius 1 is 1.55 bits per heavy atom. The molecular weight excluding hydrogens is 296 g/mol. The molecule has 1 atom stereocenters. The van der Waals surface area contributed by atoms with Gasteiger partial charge in [-0.15, -0.1) is 24.2 Å². The molecule has 1 aromatic rings. The van der Waals surface area contributed by atoms with E-state index < -0.39 is 0 Å². The van der Waals surface area contributed by atoms with Gasteiger partial charge in [-0.1, -0.05) is 6.07 Å². The number of hydrogen-bond acceptors (Lipinski definition) is 4. The number of nitrogens with zero attached hydrogens (tertiary/aromatic N) is 1. The summed E-state index contributed by atoms with van der Waals surface area (Å²) < 4.78 is 5.18. The SMILES string of the molecule is COc1cccc(SCC(=O)N2CCNCC2C)c1.Cl. The number of carbonyl (C=O) groups excluding carboxylic acids is 1. The van der Waals surface area contributed by atoms with Crippen LogP contribution in [-0.4, -0.2) is 49.3 Å². The lowest BCUT2D eigenvalue weighted by atomic mass is 10.2. The van der Waals surface area contributed by atoms with Crippen LogP contribution in [0.2, 0.25) is 0 Å². The standard InChI is InChI=1S/C14H20N2O2S.ClH/c1-11-9-15-6-7-16(11)14(17)10-19-13-5-3-4-12(8-13)18-2;/h3-5,8,11,15H,6-7,9-10H2,1-2H3;1H. The van der Waals surface area contributed by atoms with Crippen LogP contribution in [0, 0.1) is 0 Å². The zero-order valence-corrected chi connectivity index (χ0v) is 13.4. The number of benzene rings is 1. The van der Waals surface area contributed by atoms with Crippen molar-refractivity contribution in [1.29, 1.82) is 0 Å². The van der Waals surface area contributed by atoms with E-state index >= 15 is 0 Å². The summed E-state index contributed by atoms with van der Waals surface area (Å²) in [6, 6.07) is 8.09. The van der Waals surface area contributed by atoms with Crippen molar-refractivity contribution in [3.8, 4) is 5.75 Å². The first-order valence-electron chi connectivity index (χ1n) is 6.47. The van der Waals surface area contributed by atoms with Crippen LogP contribution in [0.5, 0.6) is 5.75 Å². The molecule has 1 amide bonds. The van der Waals surface area contributed by atoms with Crippen LogP contribution in [0.3, 0.4) is 0 Å². The van der Waals surface area contributed by atoms with E-state index in [9.17, 15) is 4.79 Å². The summed E-state index contributed by atoms with van der Waals surface area (Å²) in [6.07, 6.45) is 0. The first-order valence-corrected chi connectivity index (χ1v) is 7.46. The molecule has 1 aromatic carbocycles. The Balaban J connectivity index is 0.00000200. The first-order chi connectivity index (χ1) is 9.20. The molecule has 6 heteroatoms. The molecule has 1 unspecified atom stereocenters. The second kappa shape index (κ2) is 8.39. The van der Waals surface area contributed by atoms with Gasteiger partial charge in [0.2, 0.25) is 5.91 Å². The lowest BCUT2D eigenvalue weighted by Crippen LogP contribution is -2.52. The van der Waals surface area contributed by atoms with Crippen molar-refractivity contribution in [2.45, 2.75) is 17.9 Å². The van der Waals surface area contributed by atoms with E-state index in [0.717, 1.165) is 30.3 Å². The summed E-state index contributed by atoms with van der Waals surface area (Å²) in [4.78, 5) is 15.2. The monoisotopic (exact) mass is 316 g/mol. The third-order valence-corrected chi connectivity index (χ3v) is 4.20. The fraction of sp³-hybridized carbons (Fsp3) is 0.500. The zero-order valence-electron chi connectivity index (χ0n) is 11.8. The van der Waals surface area contributed by atoms with Gasteiger partial charge in [-0.2, -0.15) is 0 Å². The highest BCUT2D eigenvalue weighted by Gasteiger charge is 2.22. The van der Waals surface area contributed by atoms with Crippen molar-refractivity contribution in [2.24, 2.45) is 0 Å². The van der Waals surface area contributed by atoms with E-state index in [1.165, 1.54) is 0 Å². The minimum Gasteiger partial charge on any atom is -0.497 e. The van der Waals surface area contributed by atoms with Crippen LogP contribution in [0.1, 0.15) is 6.92 Å². The topological polar surface area (TPSA) is 41.6 Å². The normalized spacial score (nSPS) is 18.3. The van der Waals surface area contributed by atoms with Gasteiger partial charge in [0, 0.05) is 30.6 Å². The predicted octanol–water partition coefficient (Wildman–Crippen LogP) is 2.03. The molecule has 2 rings (SSSR count). The van der Waals surface area contributed by atoms with Gasteiger partial charge >= 0.3 is 0 Å². The van der Waals surface area contributed by atoms with Crippen LogP contribution < -0.4 is 10.1 Å². The molecule has 112 valence electrons. The molecule has 0 radical (unpaired) electrons. The number of rotatable bonds is 4. The van der Waals surface area contributed by atoms with E-state index in [-0.39, 0.29) is 24.4 Å². The van der Waals surface area contributed by atoms with E-state index in [2.05, 4.69) is 12.2 Å². The second-order valence-corrected chi connectivity index (χ2v) is 5.66. The summed E-state index contributed by atoms with van der Waals surface area (Å²) in [6.45, 7) is 4.66. The Kier molecular flexibility index (Phi) is 7.19. The molecule has 1 aliphatic rings. The van der Waals surface area contributed by atoms with Crippen LogP contribution in [-0.2, 0) is 4.79 Å². The molecule has 4 nitrogen and oxygen atoms in total. The Labute approximate surface area is 130 Å². The summed E-state index contributed by atoms with van der Waals surface area (Å²) in [5, 5.41) is 3.29. The maximum absolute atomic E-state index is 12.2. The number of methoxy groups -OCH3 is 1. The number of nitrogens with one attached hydrogen (secondary N) is 1. The van der Waals surface area contributed by atoms with Gasteiger partial charge in [-0.05, 0) is 25.1 Å². The number of piperazine rings is 1. The third-order valence-electron chi connectivity index (χ3n) is 3.23. The molecule has 20 heavy (non-hydrogen) atoms. The zero-order chi connectivity index (χ0) is 13.7. The van der Waals surface area contributed by atoms with Crippen molar-refractivity contribution in [3.63, 3.8) is 0 Å². The quantitative estimate of drug-likeness (QED) is 0.863. The first kappa shape index (κ1) is 17.1. The highest BCUT2D eigenvalue weighted by atomic mass is 35.5. The number of halogens is 1. The van der Waals surface area contributed by atoms with Crippen LogP contribution in [0.25, 0.3) is 0 Å². The van der Waals surface area contributed by atoms with Crippen LogP contribution >= 0.6 is 24.2 Å². The van der Waals surface area contributed by atoms with Crippen molar-refractivity contribution < 1.29 is 9.53 Å². The fourth-order valence-electron chi connectivity index (χ4n) is 2.13. The molecule has 0 aliphatic carbocycles. The molecule has 1 fully saturated rings. The van der Waals surface area contributed by atoms with Gasteiger partial charge in [0.15, 0.2) is 0 Å². The van der Waals surface area contributed by atoms with E-state index in [1.807, 2.05) is 29.2 Å². The number of thioether (sulfide) groups is 1. The fourth-order valence-corrected chi connectivity index (χ4v) is 2.96. The van der Waals surface area contributed by atoms with Gasteiger partial charge in [0.1, 0.15) is 5.75 Å². The Bertz CT molecular complexity index is 445. The smallest absolute Gasteiger partial charge is 0.233 e. The predicted molar refractivity (Wildman–Crippen MR) is 85.0 cm³/mol. The Hall–Kier alpha value is -0.910. The van der Waals surface area contributed by atoms with Crippen molar-refractivity contribution in [1.82, 2.24) is 10.2 Å². The van der Waals surface area contributed by atoms with Crippen molar-refractivity contribution in [3.05, 3.63) is 24.3 Å². The Morgan fingerprint density at radius 3 is 3.05 bits per heavy atom. The molecular formula is C14H21ClN2O2S. The Morgan fingerprint density at radius 2 is 2.35 bits per heavy atom. The van der Waals surface area contributed by atoms with Gasteiger partial charge in [-0.25, -0.2) is 0 Å². The van der Waals surface area contributed by atoms with Crippen LogP contribution in [0.15, 0.2) is 29.2 Å². The lowest BCUT2D eigenvalue weighted by Gasteiger charge is -2.33. The largest absolute Gasteiger partial charge is 0.497 e. The second-order valence-electron chi connectivity index (χ2n) is 4.61. The number of ether oxygens (including phenoxy) is 1. The molecule has 1 N–H and O–H groups in total. The summed E-state index contributed by atoms with van der Waals surface area (Å²) in [7, 11) is 1.65. The minimum atomic E-state index is 0. The number of amides is 1. The highest BCUT2D eigenvalue weighted by molar-refractivity contribution is 8.00. The molecule has 0 saturated carbocycles. The van der Waals surface area contributed by atoms with Crippen LogP contribution in [0.4, 0.5) is 0 Å². The average molecular weight is 317 g/mol. The summed E-state index contributed by atoms with van der Waals surface area (Å²) in [5.74, 6) is 1.52. The van der Waals surface area contributed by atoms with Crippen molar-refractivity contribution >= 4 is 30.1 Å². The average Bonchev–Trinajstić information content (AvgIpc) is 2.45. The lowest BCUT2D eigenvalue weighted by molar-refractivity contribution is -0.131. The van der Waals surface area contributed by atoms with E-state index in [1.54, 1.807) is 18.9 Å². The minimum absolute atomic E-state index is 0. The molecule has 0 spiro atoms.